The summed E-state index contributed by atoms with van der Waals surface area (Å²) in [6.45, 7) is 0. The standard InChI is InChI=1S/C19H19N3O2S/c23-18(14-7-2-1-3-8-14)22(20-13-15-9-6-12-24-15)19-21-16-10-4-5-11-17(16)25-19/h4-6,9-14H,1-3,7-8H2/b20-13-. The van der Waals surface area contributed by atoms with Crippen molar-refractivity contribution < 1.29 is 9.21 Å². The molecule has 0 saturated heterocycles. The first-order valence-electron chi connectivity index (χ1n) is 8.58. The van der Waals surface area contributed by atoms with Gasteiger partial charge in [0, 0.05) is 5.92 Å². The summed E-state index contributed by atoms with van der Waals surface area (Å²) >= 11 is 1.48. The summed E-state index contributed by atoms with van der Waals surface area (Å²) in [5, 5.41) is 6.49. The summed E-state index contributed by atoms with van der Waals surface area (Å²) in [6.07, 6.45) is 8.44. The third kappa shape index (κ3) is 3.49. The minimum absolute atomic E-state index is 0.0227. The smallest absolute Gasteiger partial charge is 0.252 e. The molecule has 1 aliphatic carbocycles. The maximum absolute atomic E-state index is 13.1. The van der Waals surface area contributed by atoms with Crippen LogP contribution in [0.1, 0.15) is 37.9 Å². The molecule has 1 aromatic carbocycles. The second kappa shape index (κ2) is 7.19. The van der Waals surface area contributed by atoms with Crippen molar-refractivity contribution in [2.75, 3.05) is 5.01 Å². The van der Waals surface area contributed by atoms with Gasteiger partial charge in [0.05, 0.1) is 22.7 Å². The lowest BCUT2D eigenvalue weighted by molar-refractivity contribution is -0.123. The molecular weight excluding hydrogens is 334 g/mol. The first kappa shape index (κ1) is 16.0. The number of hydrogen-bond acceptors (Lipinski definition) is 5. The summed E-state index contributed by atoms with van der Waals surface area (Å²) in [5.74, 6) is 0.665. The number of anilines is 1. The predicted octanol–water partition coefficient (Wildman–Crippen LogP) is 4.84. The molecule has 128 valence electrons. The molecule has 1 saturated carbocycles. The number of amides is 1. The normalized spacial score (nSPS) is 15.8. The molecule has 0 atom stereocenters. The summed E-state index contributed by atoms with van der Waals surface area (Å²) < 4.78 is 6.35. The van der Waals surface area contributed by atoms with Gasteiger partial charge in [0.25, 0.3) is 5.91 Å². The van der Waals surface area contributed by atoms with Crippen LogP contribution >= 0.6 is 11.3 Å². The molecule has 1 aliphatic rings. The van der Waals surface area contributed by atoms with E-state index in [4.69, 9.17) is 4.42 Å². The van der Waals surface area contributed by atoms with Crippen LogP contribution in [0.3, 0.4) is 0 Å². The molecule has 1 fully saturated rings. The fourth-order valence-corrected chi connectivity index (χ4v) is 4.08. The zero-order valence-electron chi connectivity index (χ0n) is 13.8. The van der Waals surface area contributed by atoms with E-state index in [2.05, 4.69) is 10.1 Å². The molecule has 0 aliphatic heterocycles. The van der Waals surface area contributed by atoms with E-state index >= 15 is 0 Å². The van der Waals surface area contributed by atoms with Gasteiger partial charge in [-0.25, -0.2) is 4.98 Å². The molecule has 2 heterocycles. The number of fused-ring (bicyclic) bond motifs is 1. The number of carbonyl (C=O) groups excluding carboxylic acids is 1. The number of rotatable bonds is 4. The molecule has 0 radical (unpaired) electrons. The van der Waals surface area contributed by atoms with Gasteiger partial charge in [0.15, 0.2) is 0 Å². The molecular formula is C19H19N3O2S. The Bertz CT molecular complexity index is 846. The number of thiazole rings is 1. The second-order valence-electron chi connectivity index (χ2n) is 6.21. The number of benzene rings is 1. The summed E-state index contributed by atoms with van der Waals surface area (Å²) in [4.78, 5) is 17.7. The van der Waals surface area contributed by atoms with E-state index < -0.39 is 0 Å². The average molecular weight is 353 g/mol. The quantitative estimate of drug-likeness (QED) is 0.498. The third-order valence-electron chi connectivity index (χ3n) is 4.47. The number of para-hydroxylation sites is 1. The number of nitrogens with zero attached hydrogens (tertiary/aromatic N) is 3. The van der Waals surface area contributed by atoms with E-state index in [-0.39, 0.29) is 11.8 Å². The van der Waals surface area contributed by atoms with Crippen LogP contribution in [0.5, 0.6) is 0 Å². The Labute approximate surface area is 150 Å². The zero-order valence-corrected chi connectivity index (χ0v) is 14.6. The lowest BCUT2D eigenvalue weighted by Crippen LogP contribution is -2.33. The molecule has 1 amide bonds. The van der Waals surface area contributed by atoms with Gasteiger partial charge in [-0.3, -0.25) is 4.79 Å². The molecule has 4 rings (SSSR count). The lowest BCUT2D eigenvalue weighted by Gasteiger charge is -2.24. The Balaban J connectivity index is 1.67. The molecule has 3 aromatic rings. The Hall–Kier alpha value is -2.47. The van der Waals surface area contributed by atoms with E-state index in [1.165, 1.54) is 22.8 Å². The molecule has 0 spiro atoms. The van der Waals surface area contributed by atoms with Gasteiger partial charge < -0.3 is 4.42 Å². The van der Waals surface area contributed by atoms with Gasteiger partial charge in [0.1, 0.15) is 5.76 Å². The fraction of sp³-hybridized carbons (Fsp3) is 0.316. The Morgan fingerprint density at radius 2 is 2.04 bits per heavy atom. The van der Waals surface area contributed by atoms with Crippen LogP contribution in [0.4, 0.5) is 5.13 Å². The van der Waals surface area contributed by atoms with Crippen LogP contribution < -0.4 is 5.01 Å². The zero-order chi connectivity index (χ0) is 17.1. The van der Waals surface area contributed by atoms with Crippen molar-refractivity contribution in [3.8, 4) is 0 Å². The van der Waals surface area contributed by atoms with Gasteiger partial charge in [-0.15, -0.1) is 0 Å². The number of carbonyl (C=O) groups is 1. The monoisotopic (exact) mass is 353 g/mol. The summed E-state index contributed by atoms with van der Waals surface area (Å²) in [6, 6.07) is 11.5. The molecule has 5 nitrogen and oxygen atoms in total. The van der Waals surface area contributed by atoms with Crippen LogP contribution in [0.15, 0.2) is 52.2 Å². The summed E-state index contributed by atoms with van der Waals surface area (Å²) in [5.41, 5.74) is 0.886. The average Bonchev–Trinajstić information content (AvgIpc) is 3.32. The van der Waals surface area contributed by atoms with E-state index in [0.29, 0.717) is 10.9 Å². The topological polar surface area (TPSA) is 58.7 Å². The fourth-order valence-electron chi connectivity index (χ4n) is 3.15. The molecule has 6 heteroatoms. The largest absolute Gasteiger partial charge is 0.463 e. The van der Waals surface area contributed by atoms with Gasteiger partial charge in [-0.2, -0.15) is 10.1 Å². The Morgan fingerprint density at radius 3 is 2.80 bits per heavy atom. The van der Waals surface area contributed by atoms with Crippen LogP contribution in [0, 0.1) is 5.92 Å². The van der Waals surface area contributed by atoms with Crippen LogP contribution in [-0.2, 0) is 4.79 Å². The van der Waals surface area contributed by atoms with Crippen molar-refractivity contribution >= 4 is 38.8 Å². The molecule has 0 unspecified atom stereocenters. The minimum Gasteiger partial charge on any atom is -0.463 e. The van der Waals surface area contributed by atoms with Crippen LogP contribution in [0.25, 0.3) is 10.2 Å². The van der Waals surface area contributed by atoms with Crippen molar-refractivity contribution in [1.29, 1.82) is 0 Å². The second-order valence-corrected chi connectivity index (χ2v) is 7.22. The third-order valence-corrected chi connectivity index (χ3v) is 5.48. The van der Waals surface area contributed by atoms with Crippen molar-refractivity contribution in [3.05, 3.63) is 48.4 Å². The maximum atomic E-state index is 13.1. The molecule has 25 heavy (non-hydrogen) atoms. The molecule has 0 N–H and O–H groups in total. The van der Waals surface area contributed by atoms with Crippen molar-refractivity contribution in [1.82, 2.24) is 4.98 Å². The van der Waals surface area contributed by atoms with Gasteiger partial charge in [-0.05, 0) is 37.1 Å². The van der Waals surface area contributed by atoms with Gasteiger partial charge in [0.2, 0.25) is 5.13 Å². The van der Waals surface area contributed by atoms with Crippen LogP contribution in [-0.4, -0.2) is 17.1 Å². The van der Waals surface area contributed by atoms with E-state index in [1.807, 2.05) is 30.3 Å². The highest BCUT2D eigenvalue weighted by Crippen LogP contribution is 2.32. The number of furan rings is 1. The number of hydrogen-bond donors (Lipinski definition) is 0. The highest BCUT2D eigenvalue weighted by Gasteiger charge is 2.28. The van der Waals surface area contributed by atoms with E-state index in [9.17, 15) is 4.79 Å². The molecule has 0 bridgehead atoms. The predicted molar refractivity (Wildman–Crippen MR) is 100.0 cm³/mol. The first-order chi connectivity index (χ1) is 12.3. The summed E-state index contributed by atoms with van der Waals surface area (Å²) in [7, 11) is 0. The highest BCUT2D eigenvalue weighted by molar-refractivity contribution is 7.22. The highest BCUT2D eigenvalue weighted by atomic mass is 32.1. The van der Waals surface area contributed by atoms with Crippen molar-refractivity contribution in [3.63, 3.8) is 0 Å². The lowest BCUT2D eigenvalue weighted by atomic mass is 9.88. The first-order valence-corrected chi connectivity index (χ1v) is 9.40. The Morgan fingerprint density at radius 1 is 1.20 bits per heavy atom. The number of hydrazone groups is 1. The van der Waals surface area contributed by atoms with Gasteiger partial charge in [-0.1, -0.05) is 42.7 Å². The van der Waals surface area contributed by atoms with Crippen LogP contribution in [0.2, 0.25) is 0 Å². The van der Waals surface area contributed by atoms with E-state index in [0.717, 1.165) is 35.9 Å². The van der Waals surface area contributed by atoms with Crippen molar-refractivity contribution in [2.24, 2.45) is 11.0 Å². The molecule has 2 aromatic heterocycles. The Kier molecular flexibility index (Phi) is 4.61. The number of aromatic nitrogens is 1. The minimum atomic E-state index is 0.0227. The van der Waals surface area contributed by atoms with Gasteiger partial charge >= 0.3 is 0 Å². The van der Waals surface area contributed by atoms with E-state index in [1.54, 1.807) is 18.5 Å². The SMILES string of the molecule is O=C(C1CCCCC1)N(/N=C\c1ccco1)c1nc2ccccc2s1. The maximum Gasteiger partial charge on any atom is 0.252 e. The van der Waals surface area contributed by atoms with Crippen molar-refractivity contribution in [2.45, 2.75) is 32.1 Å².